The van der Waals surface area contributed by atoms with Gasteiger partial charge in [0.2, 0.25) is 0 Å². The molecule has 0 aromatic carbocycles. The zero-order chi connectivity index (χ0) is 23.8. The molecule has 6 nitrogen and oxygen atoms in total. The van der Waals surface area contributed by atoms with Crippen LogP contribution in [0.2, 0.25) is 0 Å². The number of unbranched alkanes of at least 4 members (excludes halogenated alkanes) is 10. The van der Waals surface area contributed by atoms with Crippen LogP contribution in [0.3, 0.4) is 0 Å². The van der Waals surface area contributed by atoms with Gasteiger partial charge in [-0.2, -0.15) is 0 Å². The highest BCUT2D eigenvalue weighted by molar-refractivity contribution is 5.57. The summed E-state index contributed by atoms with van der Waals surface area (Å²) in [4.78, 5) is 18.2. The highest BCUT2D eigenvalue weighted by atomic mass is 15.1. The fraction of sp³-hybridized carbons (Fsp3) is 0.571. The number of hydrogen-bond acceptors (Lipinski definition) is 6. The number of aromatic nitrogens is 6. The van der Waals surface area contributed by atoms with Gasteiger partial charge in [0.15, 0.2) is 0 Å². The fourth-order valence-electron chi connectivity index (χ4n) is 4.01. The maximum absolute atomic E-state index is 4.57. The zero-order valence-corrected chi connectivity index (χ0v) is 21.0. The number of hydrogen-bond donors (Lipinski definition) is 0. The summed E-state index contributed by atoms with van der Waals surface area (Å²) >= 11 is 0. The van der Waals surface area contributed by atoms with Crippen molar-refractivity contribution >= 4 is 0 Å². The summed E-state index contributed by atoms with van der Waals surface area (Å²) in [5.74, 6) is 0. The first-order chi connectivity index (χ1) is 16.8. The predicted molar refractivity (Wildman–Crippen MR) is 138 cm³/mol. The molecule has 0 N–H and O–H groups in total. The first kappa shape index (κ1) is 25.9. The van der Waals surface area contributed by atoms with Crippen LogP contribution in [0.15, 0.2) is 36.9 Å². The molecule has 3 aromatic rings. The maximum atomic E-state index is 4.57. The SMILES string of the molecule is CCCCCCCCc1cnc(-c2ccc(-c3cnc(CCCCCCCC)cn3)nn2)cn1. The van der Waals surface area contributed by atoms with E-state index in [4.69, 9.17) is 0 Å². The average molecular weight is 461 g/mol. The lowest BCUT2D eigenvalue weighted by Gasteiger charge is -2.05. The first-order valence-electron chi connectivity index (χ1n) is 13.3. The topological polar surface area (TPSA) is 77.3 Å². The predicted octanol–water partition coefficient (Wildman–Crippen LogP) is 7.20. The number of aryl methyl sites for hydroxylation is 2. The summed E-state index contributed by atoms with van der Waals surface area (Å²) in [5, 5.41) is 8.69. The molecule has 0 aliphatic carbocycles. The van der Waals surface area contributed by atoms with Gasteiger partial charge in [-0.25, -0.2) is 0 Å². The minimum absolute atomic E-state index is 0.718. The van der Waals surface area contributed by atoms with Crippen LogP contribution in [0.4, 0.5) is 0 Å². The van der Waals surface area contributed by atoms with E-state index in [2.05, 4.69) is 44.0 Å². The molecule has 3 aromatic heterocycles. The molecule has 34 heavy (non-hydrogen) atoms. The third-order valence-corrected chi connectivity index (χ3v) is 6.17. The van der Waals surface area contributed by atoms with Crippen LogP contribution < -0.4 is 0 Å². The zero-order valence-electron chi connectivity index (χ0n) is 21.0. The molecule has 6 heteroatoms. The van der Waals surface area contributed by atoms with E-state index in [1.165, 1.54) is 77.0 Å². The van der Waals surface area contributed by atoms with Crippen LogP contribution in [0.1, 0.15) is 102 Å². The van der Waals surface area contributed by atoms with Crippen LogP contribution in [0.5, 0.6) is 0 Å². The molecule has 0 saturated heterocycles. The van der Waals surface area contributed by atoms with Crippen LogP contribution in [0.25, 0.3) is 22.8 Å². The Morgan fingerprint density at radius 3 is 1.21 bits per heavy atom. The van der Waals surface area contributed by atoms with E-state index in [9.17, 15) is 0 Å². The van der Waals surface area contributed by atoms with Crippen molar-refractivity contribution in [3.8, 4) is 22.8 Å². The van der Waals surface area contributed by atoms with Crippen molar-refractivity contribution in [1.29, 1.82) is 0 Å². The Hall–Kier alpha value is -2.76. The Morgan fingerprint density at radius 1 is 0.441 bits per heavy atom. The molecule has 3 heterocycles. The molecule has 0 saturated carbocycles. The second kappa shape index (κ2) is 15.2. The van der Waals surface area contributed by atoms with Crippen molar-refractivity contribution < 1.29 is 0 Å². The van der Waals surface area contributed by atoms with Crippen LogP contribution >= 0.6 is 0 Å². The summed E-state index contributed by atoms with van der Waals surface area (Å²) in [6.07, 6.45) is 24.7. The lowest BCUT2D eigenvalue weighted by Crippen LogP contribution is -1.98. The Labute approximate surface area is 205 Å². The van der Waals surface area contributed by atoms with Gasteiger partial charge < -0.3 is 0 Å². The van der Waals surface area contributed by atoms with Crippen molar-refractivity contribution in [2.75, 3.05) is 0 Å². The van der Waals surface area contributed by atoms with Crippen LogP contribution in [-0.2, 0) is 12.8 Å². The lowest BCUT2D eigenvalue weighted by molar-refractivity contribution is 0.604. The molecule has 3 rings (SSSR count). The Bertz CT molecular complexity index is 844. The molecule has 0 bridgehead atoms. The molecule has 0 radical (unpaired) electrons. The van der Waals surface area contributed by atoms with E-state index >= 15 is 0 Å². The van der Waals surface area contributed by atoms with Gasteiger partial charge in [-0.15, -0.1) is 10.2 Å². The van der Waals surface area contributed by atoms with Gasteiger partial charge in [-0.3, -0.25) is 19.9 Å². The maximum Gasteiger partial charge on any atom is 0.113 e. The molecular weight excluding hydrogens is 420 g/mol. The van der Waals surface area contributed by atoms with Crippen molar-refractivity contribution in [1.82, 2.24) is 30.1 Å². The molecule has 0 amide bonds. The average Bonchev–Trinajstić information content (AvgIpc) is 2.89. The second-order valence-electron chi connectivity index (χ2n) is 9.13. The van der Waals surface area contributed by atoms with E-state index in [-0.39, 0.29) is 0 Å². The second-order valence-corrected chi connectivity index (χ2v) is 9.13. The standard InChI is InChI=1S/C28H40N6/c1-3-5-7-9-11-13-15-23-19-31-27(21-29-23)25-17-18-26(34-33-25)28-22-30-24(20-32-28)16-14-12-10-8-6-4-2/h17-22H,3-16H2,1-2H3. The van der Waals surface area contributed by atoms with Crippen molar-refractivity contribution in [3.05, 3.63) is 48.3 Å². The first-order valence-corrected chi connectivity index (χ1v) is 13.3. The highest BCUT2D eigenvalue weighted by Crippen LogP contribution is 2.18. The molecule has 0 aliphatic rings. The van der Waals surface area contributed by atoms with Gasteiger partial charge in [0.25, 0.3) is 0 Å². The minimum Gasteiger partial charge on any atom is -0.257 e. The summed E-state index contributed by atoms with van der Waals surface area (Å²) < 4.78 is 0. The molecule has 0 fully saturated rings. The van der Waals surface area contributed by atoms with E-state index in [0.717, 1.165) is 47.0 Å². The van der Waals surface area contributed by atoms with Crippen molar-refractivity contribution in [2.24, 2.45) is 0 Å². The lowest BCUT2D eigenvalue weighted by atomic mass is 10.1. The van der Waals surface area contributed by atoms with Crippen molar-refractivity contribution in [2.45, 2.75) is 104 Å². The summed E-state index contributed by atoms with van der Waals surface area (Å²) in [6.45, 7) is 4.50. The highest BCUT2D eigenvalue weighted by Gasteiger charge is 2.07. The fourth-order valence-corrected chi connectivity index (χ4v) is 4.01. The number of nitrogens with zero attached hydrogens (tertiary/aromatic N) is 6. The molecule has 0 unspecified atom stereocenters. The Morgan fingerprint density at radius 2 is 0.853 bits per heavy atom. The van der Waals surface area contributed by atoms with Gasteiger partial charge in [-0.1, -0.05) is 78.1 Å². The summed E-state index contributed by atoms with van der Waals surface area (Å²) in [6, 6.07) is 3.84. The van der Waals surface area contributed by atoms with Gasteiger partial charge in [-0.05, 0) is 37.8 Å². The molecular formula is C28H40N6. The quantitative estimate of drug-likeness (QED) is 0.210. The van der Waals surface area contributed by atoms with Crippen LogP contribution in [0, 0.1) is 0 Å². The summed E-state index contributed by atoms with van der Waals surface area (Å²) in [7, 11) is 0. The minimum atomic E-state index is 0.718. The van der Waals surface area contributed by atoms with Gasteiger partial charge in [0.1, 0.15) is 22.8 Å². The van der Waals surface area contributed by atoms with E-state index < -0.39 is 0 Å². The molecule has 182 valence electrons. The monoisotopic (exact) mass is 460 g/mol. The molecule has 0 atom stereocenters. The molecule has 0 aliphatic heterocycles. The number of rotatable bonds is 16. The van der Waals surface area contributed by atoms with E-state index in [1.54, 1.807) is 12.4 Å². The third-order valence-electron chi connectivity index (χ3n) is 6.17. The third kappa shape index (κ3) is 8.88. The largest absolute Gasteiger partial charge is 0.257 e. The smallest absolute Gasteiger partial charge is 0.113 e. The Kier molecular flexibility index (Phi) is 11.6. The van der Waals surface area contributed by atoms with E-state index in [0.29, 0.717) is 0 Å². The van der Waals surface area contributed by atoms with Crippen LogP contribution in [-0.4, -0.2) is 30.1 Å². The van der Waals surface area contributed by atoms with Gasteiger partial charge in [0.05, 0.1) is 23.8 Å². The van der Waals surface area contributed by atoms with Gasteiger partial charge in [0, 0.05) is 12.4 Å². The Balaban J connectivity index is 1.46. The molecule has 0 spiro atoms. The van der Waals surface area contributed by atoms with Crippen molar-refractivity contribution in [3.63, 3.8) is 0 Å². The van der Waals surface area contributed by atoms with Gasteiger partial charge >= 0.3 is 0 Å². The van der Waals surface area contributed by atoms with E-state index in [1.807, 2.05) is 24.5 Å². The normalized spacial score (nSPS) is 11.1. The summed E-state index contributed by atoms with van der Waals surface area (Å²) in [5.41, 5.74) is 5.00.